The topological polar surface area (TPSA) is 64.3 Å². The molecule has 0 aliphatic heterocycles. The predicted molar refractivity (Wildman–Crippen MR) is 92.8 cm³/mol. The quantitative estimate of drug-likeness (QED) is 0.731. The number of sulfone groups is 1. The summed E-state index contributed by atoms with van der Waals surface area (Å²) in [4.78, 5) is 12.2. The van der Waals surface area contributed by atoms with Gasteiger partial charge in [0.05, 0.1) is 16.7 Å². The fourth-order valence-corrected chi connectivity index (χ4v) is 3.10. The van der Waals surface area contributed by atoms with Crippen LogP contribution in [0, 0.1) is 0 Å². The average molecular weight is 340 g/mol. The number of rotatable bonds is 4. The number of benzene rings is 2. The van der Waals surface area contributed by atoms with Gasteiger partial charge in [-0.2, -0.15) is 0 Å². The van der Waals surface area contributed by atoms with Gasteiger partial charge in [0.1, 0.15) is 0 Å². The van der Waals surface area contributed by atoms with Gasteiger partial charge in [-0.1, -0.05) is 42.5 Å². The third kappa shape index (κ3) is 3.63. The molecule has 0 radical (unpaired) electrons. The molecule has 5 heteroatoms. The number of hydrogen-bond acceptors (Lipinski definition) is 4. The van der Waals surface area contributed by atoms with Crippen LogP contribution in [0.4, 0.5) is 0 Å². The molecule has 4 nitrogen and oxygen atoms in total. The predicted octanol–water partition coefficient (Wildman–Crippen LogP) is 3.30. The van der Waals surface area contributed by atoms with Crippen molar-refractivity contribution in [1.29, 1.82) is 0 Å². The van der Waals surface area contributed by atoms with Gasteiger partial charge in [-0.05, 0) is 34.9 Å². The van der Waals surface area contributed by atoms with E-state index in [1.54, 1.807) is 24.3 Å². The van der Waals surface area contributed by atoms with Crippen LogP contribution in [0.1, 0.15) is 11.1 Å². The monoisotopic (exact) mass is 340 g/mol. The zero-order chi connectivity index (χ0) is 17.2. The Labute approximate surface area is 140 Å². The lowest BCUT2D eigenvalue weighted by molar-refractivity contribution is 0.507. The molecule has 0 N–H and O–H groups in total. The molecule has 24 heavy (non-hydrogen) atoms. The van der Waals surface area contributed by atoms with Crippen molar-refractivity contribution in [2.24, 2.45) is 0 Å². The largest absolute Gasteiger partial charge is 0.431 e. The second kappa shape index (κ2) is 6.45. The molecule has 3 aromatic rings. The first-order valence-electron chi connectivity index (χ1n) is 7.39. The third-order valence-electron chi connectivity index (χ3n) is 3.71. The lowest BCUT2D eigenvalue weighted by Crippen LogP contribution is -2.04. The van der Waals surface area contributed by atoms with Crippen LogP contribution in [-0.2, 0) is 16.3 Å². The van der Waals surface area contributed by atoms with Crippen LogP contribution in [0.5, 0.6) is 0 Å². The molecule has 0 saturated heterocycles. The Hall–Kier alpha value is -2.66. The van der Waals surface area contributed by atoms with E-state index in [-0.39, 0.29) is 10.5 Å². The normalized spacial score (nSPS) is 11.4. The second-order valence-corrected chi connectivity index (χ2v) is 7.63. The zero-order valence-electron chi connectivity index (χ0n) is 13.1. The van der Waals surface area contributed by atoms with Gasteiger partial charge >= 0.3 is 5.63 Å². The zero-order valence-corrected chi connectivity index (χ0v) is 13.9. The van der Waals surface area contributed by atoms with Crippen LogP contribution >= 0.6 is 0 Å². The molecular formula is C19H16O4S. The molecule has 0 unspecified atom stereocenters. The standard InChI is InChI=1S/C19H16O4S/c1-24(21,22)17-9-7-14(8-10-17)11-15-12-18(19(20)23-13-15)16-5-3-2-4-6-16/h2-10,12-13H,11H2,1H3. The van der Waals surface area contributed by atoms with Gasteiger partial charge in [0, 0.05) is 12.7 Å². The number of hydrogen-bond donors (Lipinski definition) is 0. The van der Waals surface area contributed by atoms with Gasteiger partial charge in [0.25, 0.3) is 0 Å². The van der Waals surface area contributed by atoms with Crippen molar-refractivity contribution in [1.82, 2.24) is 0 Å². The summed E-state index contributed by atoms with van der Waals surface area (Å²) in [5.41, 5.74) is 2.73. The van der Waals surface area contributed by atoms with E-state index in [0.29, 0.717) is 12.0 Å². The van der Waals surface area contributed by atoms with Crippen molar-refractivity contribution < 1.29 is 12.8 Å². The highest BCUT2D eigenvalue weighted by Gasteiger charge is 2.09. The summed E-state index contributed by atoms with van der Waals surface area (Å²) in [5.74, 6) is 0. The van der Waals surface area contributed by atoms with Crippen LogP contribution in [0.15, 0.2) is 81.0 Å². The first kappa shape index (κ1) is 16.2. The molecule has 0 aliphatic rings. The maximum atomic E-state index is 11.9. The Morgan fingerprint density at radius 2 is 1.58 bits per heavy atom. The smallest absolute Gasteiger partial charge is 0.343 e. The molecule has 0 spiro atoms. The van der Waals surface area contributed by atoms with E-state index in [4.69, 9.17) is 4.42 Å². The molecule has 0 amide bonds. The molecule has 3 rings (SSSR count). The van der Waals surface area contributed by atoms with Gasteiger partial charge in [-0.15, -0.1) is 0 Å². The summed E-state index contributed by atoms with van der Waals surface area (Å²) < 4.78 is 28.1. The minimum Gasteiger partial charge on any atom is -0.431 e. The summed E-state index contributed by atoms with van der Waals surface area (Å²) in [6.07, 6.45) is 3.17. The fraction of sp³-hybridized carbons (Fsp3) is 0.105. The molecule has 0 aliphatic carbocycles. The van der Waals surface area contributed by atoms with E-state index in [0.717, 1.165) is 16.7 Å². The molecule has 0 bridgehead atoms. The van der Waals surface area contributed by atoms with E-state index in [2.05, 4.69) is 0 Å². The Morgan fingerprint density at radius 3 is 2.21 bits per heavy atom. The first-order chi connectivity index (χ1) is 11.4. The Balaban J connectivity index is 1.90. The van der Waals surface area contributed by atoms with Crippen molar-refractivity contribution in [3.05, 3.63) is 88.5 Å². The van der Waals surface area contributed by atoms with E-state index >= 15 is 0 Å². The highest BCUT2D eigenvalue weighted by atomic mass is 32.2. The van der Waals surface area contributed by atoms with Crippen LogP contribution in [0.2, 0.25) is 0 Å². The molecule has 1 heterocycles. The molecule has 0 fully saturated rings. The van der Waals surface area contributed by atoms with Crippen molar-refractivity contribution in [3.8, 4) is 11.1 Å². The maximum Gasteiger partial charge on any atom is 0.343 e. The van der Waals surface area contributed by atoms with Gasteiger partial charge in [-0.3, -0.25) is 0 Å². The van der Waals surface area contributed by atoms with Crippen LogP contribution in [0.25, 0.3) is 11.1 Å². The molecule has 0 saturated carbocycles. The Bertz CT molecular complexity index is 1000. The minimum absolute atomic E-state index is 0.288. The van der Waals surface area contributed by atoms with Crippen molar-refractivity contribution >= 4 is 9.84 Å². The summed E-state index contributed by atoms with van der Waals surface area (Å²) in [7, 11) is -3.20. The van der Waals surface area contributed by atoms with E-state index < -0.39 is 9.84 Å². The van der Waals surface area contributed by atoms with Crippen LogP contribution in [0.3, 0.4) is 0 Å². The van der Waals surface area contributed by atoms with Gasteiger partial charge in [-0.25, -0.2) is 13.2 Å². The fourth-order valence-electron chi connectivity index (χ4n) is 2.47. The third-order valence-corrected chi connectivity index (χ3v) is 4.84. The van der Waals surface area contributed by atoms with Crippen molar-refractivity contribution in [2.75, 3.05) is 6.26 Å². The highest BCUT2D eigenvalue weighted by Crippen LogP contribution is 2.19. The average Bonchev–Trinajstić information content (AvgIpc) is 2.57. The summed E-state index contributed by atoms with van der Waals surface area (Å²) in [6.45, 7) is 0. The summed E-state index contributed by atoms with van der Waals surface area (Å²) in [5, 5.41) is 0. The Morgan fingerprint density at radius 1 is 0.917 bits per heavy atom. The molecule has 0 atom stereocenters. The summed E-state index contributed by atoms with van der Waals surface area (Å²) >= 11 is 0. The van der Waals surface area contributed by atoms with Gasteiger partial charge < -0.3 is 4.42 Å². The second-order valence-electron chi connectivity index (χ2n) is 5.62. The molecule has 2 aromatic carbocycles. The SMILES string of the molecule is CS(=O)(=O)c1ccc(Cc2coc(=O)c(-c3ccccc3)c2)cc1. The Kier molecular flexibility index (Phi) is 4.36. The summed E-state index contributed by atoms with van der Waals surface area (Å²) in [6, 6.07) is 17.9. The maximum absolute atomic E-state index is 11.9. The lowest BCUT2D eigenvalue weighted by Gasteiger charge is -2.05. The minimum atomic E-state index is -3.20. The van der Waals surface area contributed by atoms with E-state index in [1.165, 1.54) is 12.5 Å². The van der Waals surface area contributed by atoms with Crippen LogP contribution in [-0.4, -0.2) is 14.7 Å². The van der Waals surface area contributed by atoms with Crippen molar-refractivity contribution in [3.63, 3.8) is 0 Å². The van der Waals surface area contributed by atoms with Crippen LogP contribution < -0.4 is 5.63 Å². The van der Waals surface area contributed by atoms with Gasteiger partial charge in [0.2, 0.25) is 0 Å². The molecule has 122 valence electrons. The lowest BCUT2D eigenvalue weighted by atomic mass is 10.0. The van der Waals surface area contributed by atoms with Gasteiger partial charge in [0.15, 0.2) is 9.84 Å². The molecule has 1 aromatic heterocycles. The molecular weight excluding hydrogens is 324 g/mol. The van der Waals surface area contributed by atoms with Crippen molar-refractivity contribution in [2.45, 2.75) is 11.3 Å². The first-order valence-corrected chi connectivity index (χ1v) is 9.29. The van der Waals surface area contributed by atoms with E-state index in [1.807, 2.05) is 36.4 Å². The van der Waals surface area contributed by atoms with E-state index in [9.17, 15) is 13.2 Å². The highest BCUT2D eigenvalue weighted by molar-refractivity contribution is 7.90.